The SMILES string of the molecule is Cl.NCCc1nccs1. The molecule has 0 fully saturated rings. The molecular weight excluding hydrogens is 156 g/mol. The van der Waals surface area contributed by atoms with Crippen LogP contribution in [-0.4, -0.2) is 11.5 Å². The number of halogens is 1. The van der Waals surface area contributed by atoms with Gasteiger partial charge in [0.25, 0.3) is 0 Å². The van der Waals surface area contributed by atoms with Crippen molar-refractivity contribution in [1.82, 2.24) is 4.98 Å². The smallest absolute Gasteiger partial charge is 0.0937 e. The molecular formula is C5H9ClN2S. The van der Waals surface area contributed by atoms with E-state index in [1.807, 2.05) is 5.38 Å². The van der Waals surface area contributed by atoms with Crippen molar-refractivity contribution in [2.45, 2.75) is 6.42 Å². The summed E-state index contributed by atoms with van der Waals surface area (Å²) in [6, 6.07) is 0. The molecule has 1 aromatic rings. The van der Waals surface area contributed by atoms with E-state index in [-0.39, 0.29) is 12.4 Å². The molecule has 0 unspecified atom stereocenters. The molecule has 9 heavy (non-hydrogen) atoms. The molecule has 1 rings (SSSR count). The van der Waals surface area contributed by atoms with Crippen molar-refractivity contribution >= 4 is 23.7 Å². The summed E-state index contributed by atoms with van der Waals surface area (Å²) in [5.74, 6) is 0. The number of nitrogens with two attached hydrogens (primary N) is 1. The van der Waals surface area contributed by atoms with Gasteiger partial charge in [0.05, 0.1) is 5.01 Å². The second kappa shape index (κ2) is 4.73. The minimum absolute atomic E-state index is 0. The maximum absolute atomic E-state index is 5.29. The Labute approximate surface area is 64.5 Å². The fourth-order valence-corrected chi connectivity index (χ4v) is 1.14. The fraction of sp³-hybridized carbons (Fsp3) is 0.400. The average molecular weight is 165 g/mol. The standard InChI is InChI=1S/C5H8N2S.ClH/c6-2-1-5-7-3-4-8-5;/h3-4H,1-2,6H2;1H. The zero-order valence-electron chi connectivity index (χ0n) is 4.91. The van der Waals surface area contributed by atoms with Crippen LogP contribution in [0, 0.1) is 0 Å². The lowest BCUT2D eigenvalue weighted by Crippen LogP contribution is -2.01. The molecule has 0 amide bonds. The van der Waals surface area contributed by atoms with Crippen molar-refractivity contribution in [3.63, 3.8) is 0 Å². The van der Waals surface area contributed by atoms with E-state index in [0.717, 1.165) is 11.4 Å². The maximum atomic E-state index is 5.29. The second-order valence-electron chi connectivity index (χ2n) is 1.46. The fourth-order valence-electron chi connectivity index (χ4n) is 0.500. The summed E-state index contributed by atoms with van der Waals surface area (Å²) in [5, 5.41) is 3.10. The summed E-state index contributed by atoms with van der Waals surface area (Å²) in [7, 11) is 0. The first kappa shape index (κ1) is 8.88. The van der Waals surface area contributed by atoms with Crippen LogP contribution in [0.2, 0.25) is 0 Å². The van der Waals surface area contributed by atoms with E-state index in [0.29, 0.717) is 6.54 Å². The Balaban J connectivity index is 0.000000640. The van der Waals surface area contributed by atoms with E-state index in [1.165, 1.54) is 0 Å². The average Bonchev–Trinajstić information content (AvgIpc) is 2.19. The van der Waals surface area contributed by atoms with Crippen molar-refractivity contribution in [2.75, 3.05) is 6.54 Å². The largest absolute Gasteiger partial charge is 0.330 e. The molecule has 4 heteroatoms. The number of thiazole rings is 1. The number of rotatable bonds is 2. The van der Waals surface area contributed by atoms with E-state index in [1.54, 1.807) is 17.5 Å². The van der Waals surface area contributed by atoms with Crippen LogP contribution < -0.4 is 5.73 Å². The van der Waals surface area contributed by atoms with E-state index >= 15 is 0 Å². The van der Waals surface area contributed by atoms with Crippen molar-refractivity contribution < 1.29 is 0 Å². The van der Waals surface area contributed by atoms with Crippen LogP contribution in [0.15, 0.2) is 11.6 Å². The van der Waals surface area contributed by atoms with Gasteiger partial charge >= 0.3 is 0 Å². The Kier molecular flexibility index (Phi) is 4.67. The third-order valence-corrected chi connectivity index (χ3v) is 1.68. The molecule has 1 aromatic heterocycles. The van der Waals surface area contributed by atoms with Gasteiger partial charge in [0.1, 0.15) is 0 Å². The van der Waals surface area contributed by atoms with E-state index in [9.17, 15) is 0 Å². The zero-order valence-corrected chi connectivity index (χ0v) is 6.54. The molecule has 0 saturated carbocycles. The highest BCUT2D eigenvalue weighted by Crippen LogP contribution is 2.02. The van der Waals surface area contributed by atoms with E-state index < -0.39 is 0 Å². The summed E-state index contributed by atoms with van der Waals surface area (Å²) < 4.78 is 0. The first-order valence-corrected chi connectivity index (χ1v) is 3.40. The van der Waals surface area contributed by atoms with Crippen LogP contribution in [0.1, 0.15) is 5.01 Å². The summed E-state index contributed by atoms with van der Waals surface area (Å²) in [4.78, 5) is 4.04. The lowest BCUT2D eigenvalue weighted by Gasteiger charge is -1.84. The van der Waals surface area contributed by atoms with Gasteiger partial charge in [-0.2, -0.15) is 0 Å². The highest BCUT2D eigenvalue weighted by Gasteiger charge is 1.89. The van der Waals surface area contributed by atoms with Crippen molar-refractivity contribution in [3.8, 4) is 0 Å². The molecule has 0 aliphatic rings. The molecule has 0 bridgehead atoms. The van der Waals surface area contributed by atoms with Crippen LogP contribution in [0.25, 0.3) is 0 Å². The molecule has 1 heterocycles. The molecule has 2 N–H and O–H groups in total. The Morgan fingerprint density at radius 3 is 2.89 bits per heavy atom. The Morgan fingerprint density at radius 2 is 2.44 bits per heavy atom. The van der Waals surface area contributed by atoms with Gasteiger partial charge in [0.2, 0.25) is 0 Å². The highest BCUT2D eigenvalue weighted by atomic mass is 35.5. The molecule has 0 saturated heterocycles. The van der Waals surface area contributed by atoms with Gasteiger partial charge in [0.15, 0.2) is 0 Å². The van der Waals surface area contributed by atoms with Crippen LogP contribution in [0.5, 0.6) is 0 Å². The van der Waals surface area contributed by atoms with Crippen molar-refractivity contribution in [1.29, 1.82) is 0 Å². The number of nitrogens with zero attached hydrogens (tertiary/aromatic N) is 1. The van der Waals surface area contributed by atoms with E-state index in [2.05, 4.69) is 4.98 Å². The van der Waals surface area contributed by atoms with Crippen molar-refractivity contribution in [2.24, 2.45) is 5.73 Å². The van der Waals surface area contributed by atoms with Gasteiger partial charge in [-0.3, -0.25) is 0 Å². The maximum Gasteiger partial charge on any atom is 0.0937 e. The van der Waals surface area contributed by atoms with Gasteiger partial charge in [0, 0.05) is 18.0 Å². The van der Waals surface area contributed by atoms with Gasteiger partial charge in [-0.05, 0) is 6.54 Å². The first-order chi connectivity index (χ1) is 3.93. The number of aromatic nitrogens is 1. The Hall–Kier alpha value is -0.120. The molecule has 0 aliphatic carbocycles. The molecule has 0 atom stereocenters. The first-order valence-electron chi connectivity index (χ1n) is 2.52. The lowest BCUT2D eigenvalue weighted by molar-refractivity contribution is 0.953. The zero-order chi connectivity index (χ0) is 5.82. The Morgan fingerprint density at radius 1 is 1.67 bits per heavy atom. The normalized spacial score (nSPS) is 8.56. The van der Waals surface area contributed by atoms with Gasteiger partial charge in [-0.25, -0.2) is 4.98 Å². The highest BCUT2D eigenvalue weighted by molar-refractivity contribution is 7.09. The third kappa shape index (κ3) is 2.79. The predicted molar refractivity (Wildman–Crippen MR) is 42.1 cm³/mol. The van der Waals surface area contributed by atoms with Crippen LogP contribution in [0.3, 0.4) is 0 Å². The number of hydrogen-bond acceptors (Lipinski definition) is 3. The van der Waals surface area contributed by atoms with E-state index in [4.69, 9.17) is 5.73 Å². The third-order valence-electron chi connectivity index (χ3n) is 0.842. The number of hydrogen-bond donors (Lipinski definition) is 1. The summed E-state index contributed by atoms with van der Waals surface area (Å²) >= 11 is 1.66. The minimum atomic E-state index is 0. The Bertz CT molecular complexity index is 141. The minimum Gasteiger partial charge on any atom is -0.330 e. The second-order valence-corrected chi connectivity index (χ2v) is 2.44. The quantitative estimate of drug-likeness (QED) is 0.710. The topological polar surface area (TPSA) is 38.9 Å². The van der Waals surface area contributed by atoms with Crippen LogP contribution in [-0.2, 0) is 6.42 Å². The van der Waals surface area contributed by atoms with Crippen molar-refractivity contribution in [3.05, 3.63) is 16.6 Å². The molecule has 0 aromatic carbocycles. The molecule has 0 aliphatic heterocycles. The summed E-state index contributed by atoms with van der Waals surface area (Å²) in [6.07, 6.45) is 2.72. The monoisotopic (exact) mass is 164 g/mol. The van der Waals surface area contributed by atoms with Crippen LogP contribution in [0.4, 0.5) is 0 Å². The molecule has 2 nitrogen and oxygen atoms in total. The summed E-state index contributed by atoms with van der Waals surface area (Å²) in [5.41, 5.74) is 5.29. The molecule has 0 radical (unpaired) electrons. The predicted octanol–water partition coefficient (Wildman–Crippen LogP) is 1.07. The molecule has 52 valence electrons. The lowest BCUT2D eigenvalue weighted by atomic mass is 10.5. The van der Waals surface area contributed by atoms with Gasteiger partial charge in [-0.15, -0.1) is 23.7 Å². The summed E-state index contributed by atoms with van der Waals surface area (Å²) in [6.45, 7) is 0.702. The molecule has 0 spiro atoms. The van der Waals surface area contributed by atoms with Gasteiger partial charge in [-0.1, -0.05) is 0 Å². The van der Waals surface area contributed by atoms with Crippen LogP contribution >= 0.6 is 23.7 Å². The van der Waals surface area contributed by atoms with Gasteiger partial charge < -0.3 is 5.73 Å².